The molecule has 1 amide bonds. The summed E-state index contributed by atoms with van der Waals surface area (Å²) in [7, 11) is -3.42. The number of carbonyl (C=O) groups is 1. The molecule has 10 heteroatoms. The third-order valence-corrected chi connectivity index (χ3v) is 6.99. The molecule has 166 valence electrons. The van der Waals surface area contributed by atoms with Gasteiger partial charge in [0.1, 0.15) is 5.82 Å². The second-order valence-electron chi connectivity index (χ2n) is 8.44. The van der Waals surface area contributed by atoms with Crippen LogP contribution in [0.5, 0.6) is 5.88 Å². The lowest BCUT2D eigenvalue weighted by molar-refractivity contribution is -0.140. The van der Waals surface area contributed by atoms with E-state index in [1.165, 1.54) is 6.07 Å². The highest BCUT2D eigenvalue weighted by Crippen LogP contribution is 2.38. The number of nitrogens with zero attached hydrogens (tertiary/aromatic N) is 2. The topological polar surface area (TPSA) is 97.8 Å². The summed E-state index contributed by atoms with van der Waals surface area (Å²) in [5.41, 5.74) is 0.701. The van der Waals surface area contributed by atoms with Gasteiger partial charge in [0.25, 0.3) is 5.91 Å². The van der Waals surface area contributed by atoms with Gasteiger partial charge in [0.15, 0.2) is 6.61 Å². The van der Waals surface area contributed by atoms with E-state index in [1.54, 1.807) is 4.90 Å². The van der Waals surface area contributed by atoms with Crippen LogP contribution in [0.15, 0.2) is 12.3 Å². The Bertz CT molecular complexity index is 888. The van der Waals surface area contributed by atoms with E-state index in [-0.39, 0.29) is 31.1 Å². The Kier molecular flexibility index (Phi) is 6.26. The molecule has 5 rings (SSSR count). The Hall–Kier alpha value is -1.78. The van der Waals surface area contributed by atoms with Gasteiger partial charge in [-0.3, -0.25) is 4.79 Å². The van der Waals surface area contributed by atoms with Gasteiger partial charge in [0.05, 0.1) is 31.2 Å². The first-order valence-electron chi connectivity index (χ1n) is 10.5. The number of aromatic nitrogens is 1. The molecule has 3 aliphatic heterocycles. The van der Waals surface area contributed by atoms with Crippen LogP contribution in [-0.2, 0) is 19.6 Å². The molecule has 1 aromatic rings. The van der Waals surface area contributed by atoms with Crippen LogP contribution in [0.1, 0.15) is 50.0 Å². The Morgan fingerprint density at radius 2 is 2.00 bits per heavy atom. The van der Waals surface area contributed by atoms with E-state index in [2.05, 4.69) is 9.71 Å². The normalized spacial score (nSPS) is 30.3. The van der Waals surface area contributed by atoms with E-state index in [9.17, 15) is 17.6 Å². The van der Waals surface area contributed by atoms with Gasteiger partial charge in [-0.2, -0.15) is 0 Å². The molecule has 1 unspecified atom stereocenters. The summed E-state index contributed by atoms with van der Waals surface area (Å²) in [5.74, 6) is -0.265. The third-order valence-electron chi connectivity index (χ3n) is 6.26. The average Bonchev–Trinajstić information content (AvgIpc) is 2.71. The number of piperidine rings is 1. The summed E-state index contributed by atoms with van der Waals surface area (Å²) >= 11 is 0. The highest BCUT2D eigenvalue weighted by atomic mass is 32.2. The van der Waals surface area contributed by atoms with Crippen molar-refractivity contribution in [3.05, 3.63) is 23.6 Å². The molecule has 0 spiro atoms. The summed E-state index contributed by atoms with van der Waals surface area (Å²) in [6.07, 6.45) is 6.84. The molecule has 2 atom stereocenters. The Morgan fingerprint density at radius 3 is 2.73 bits per heavy atom. The molecule has 1 N–H and O–H groups in total. The molecule has 1 saturated carbocycles. The number of sulfonamides is 1. The standard InChI is InChI=1S/C20H28FN3O5S/c1-30(26,27)23-17-3-2-8-24-18(17)11-28-15-6-4-13(5-7-15)16-9-14(21)10-22-20(16)29-12-19(24)25/h9-10,13,15,17-18,23H,2-8,11-12H2,1H3/t13?,15?,17-,18?/m0/s1. The molecule has 4 heterocycles. The van der Waals surface area contributed by atoms with E-state index < -0.39 is 27.9 Å². The first kappa shape index (κ1) is 21.5. The van der Waals surface area contributed by atoms with Crippen LogP contribution in [-0.4, -0.2) is 68.4 Å². The lowest BCUT2D eigenvalue weighted by Crippen LogP contribution is -2.59. The number of nitrogens with one attached hydrogen (secondary N) is 1. The summed E-state index contributed by atoms with van der Waals surface area (Å²) in [5, 5.41) is 0. The second kappa shape index (κ2) is 8.76. The van der Waals surface area contributed by atoms with Crippen LogP contribution >= 0.6 is 0 Å². The molecule has 8 nitrogen and oxygen atoms in total. The van der Waals surface area contributed by atoms with Crippen LogP contribution in [0.2, 0.25) is 0 Å². The maximum absolute atomic E-state index is 13.8. The first-order chi connectivity index (χ1) is 14.3. The number of hydrogen-bond acceptors (Lipinski definition) is 6. The maximum Gasteiger partial charge on any atom is 0.260 e. The van der Waals surface area contributed by atoms with Crippen LogP contribution in [0.25, 0.3) is 0 Å². The van der Waals surface area contributed by atoms with Crippen LogP contribution in [0, 0.1) is 5.82 Å². The van der Waals surface area contributed by atoms with Gasteiger partial charge in [-0.1, -0.05) is 0 Å². The highest BCUT2D eigenvalue weighted by molar-refractivity contribution is 7.88. The minimum absolute atomic E-state index is 0.0330. The van der Waals surface area contributed by atoms with Crippen molar-refractivity contribution >= 4 is 15.9 Å². The zero-order valence-electron chi connectivity index (χ0n) is 17.0. The molecule has 2 bridgehead atoms. The molecule has 2 fully saturated rings. The summed E-state index contributed by atoms with van der Waals surface area (Å²) in [6, 6.07) is 0.649. The monoisotopic (exact) mass is 441 g/mol. The quantitative estimate of drug-likeness (QED) is 0.748. The number of ether oxygens (including phenoxy) is 2. The minimum Gasteiger partial charge on any atom is -0.467 e. The van der Waals surface area contributed by atoms with E-state index in [0.717, 1.165) is 38.1 Å². The molecular weight excluding hydrogens is 413 g/mol. The van der Waals surface area contributed by atoms with Gasteiger partial charge in [-0.15, -0.1) is 0 Å². The fourth-order valence-electron chi connectivity index (χ4n) is 4.83. The van der Waals surface area contributed by atoms with Crippen molar-refractivity contribution in [3.63, 3.8) is 0 Å². The average molecular weight is 442 g/mol. The fourth-order valence-corrected chi connectivity index (χ4v) is 5.65. The SMILES string of the molecule is CS(=O)(=O)N[C@H]1CCCN2C(=O)COc3ncc(F)cc3C3CCC(CC3)OCC12. The molecule has 30 heavy (non-hydrogen) atoms. The molecule has 1 saturated heterocycles. The molecule has 4 aliphatic rings. The lowest BCUT2D eigenvalue weighted by atomic mass is 9.83. The number of hydrogen-bond donors (Lipinski definition) is 1. The van der Waals surface area contributed by atoms with Crippen molar-refractivity contribution in [3.8, 4) is 5.88 Å². The minimum atomic E-state index is -3.42. The first-order valence-corrected chi connectivity index (χ1v) is 12.4. The maximum atomic E-state index is 13.8. The van der Waals surface area contributed by atoms with Gasteiger partial charge in [0, 0.05) is 18.2 Å². The molecular formula is C20H28FN3O5S. The van der Waals surface area contributed by atoms with Crippen LogP contribution in [0.4, 0.5) is 4.39 Å². The molecule has 0 aromatic carbocycles. The Morgan fingerprint density at radius 1 is 1.23 bits per heavy atom. The van der Waals surface area contributed by atoms with Crippen molar-refractivity contribution in [1.29, 1.82) is 0 Å². The number of halogens is 1. The number of fused-ring (bicyclic) bond motifs is 5. The van der Waals surface area contributed by atoms with Crippen molar-refractivity contribution in [1.82, 2.24) is 14.6 Å². The Balaban J connectivity index is 1.62. The van der Waals surface area contributed by atoms with Gasteiger partial charge in [-0.05, 0) is 50.5 Å². The molecule has 1 aliphatic carbocycles. The van der Waals surface area contributed by atoms with Crippen molar-refractivity contribution in [2.45, 2.75) is 62.6 Å². The van der Waals surface area contributed by atoms with E-state index in [4.69, 9.17) is 9.47 Å². The van der Waals surface area contributed by atoms with Gasteiger partial charge >= 0.3 is 0 Å². The zero-order chi connectivity index (χ0) is 21.3. The van der Waals surface area contributed by atoms with E-state index in [0.29, 0.717) is 30.8 Å². The predicted octanol–water partition coefficient (Wildman–Crippen LogP) is 1.56. The number of amides is 1. The second-order valence-corrected chi connectivity index (χ2v) is 10.2. The van der Waals surface area contributed by atoms with Crippen LogP contribution < -0.4 is 9.46 Å². The Labute approximate surface area is 176 Å². The van der Waals surface area contributed by atoms with E-state index in [1.807, 2.05) is 0 Å². The highest BCUT2D eigenvalue weighted by Gasteiger charge is 2.37. The van der Waals surface area contributed by atoms with Crippen molar-refractivity contribution < 1.29 is 27.1 Å². The predicted molar refractivity (Wildman–Crippen MR) is 107 cm³/mol. The lowest BCUT2D eigenvalue weighted by Gasteiger charge is -2.41. The summed E-state index contributed by atoms with van der Waals surface area (Å²) in [4.78, 5) is 18.7. The largest absolute Gasteiger partial charge is 0.467 e. The summed E-state index contributed by atoms with van der Waals surface area (Å²) in [6.45, 7) is 0.549. The number of carbonyl (C=O) groups excluding carboxylic acids is 1. The molecule has 1 aromatic heterocycles. The van der Waals surface area contributed by atoms with Crippen LogP contribution in [0.3, 0.4) is 0 Å². The third kappa shape index (κ3) is 4.92. The van der Waals surface area contributed by atoms with Gasteiger partial charge < -0.3 is 14.4 Å². The molecule has 0 radical (unpaired) electrons. The zero-order valence-corrected chi connectivity index (χ0v) is 17.9. The fraction of sp³-hybridized carbons (Fsp3) is 0.700. The van der Waals surface area contributed by atoms with E-state index >= 15 is 0 Å². The van der Waals surface area contributed by atoms with Crippen molar-refractivity contribution in [2.24, 2.45) is 0 Å². The smallest absolute Gasteiger partial charge is 0.260 e. The summed E-state index contributed by atoms with van der Waals surface area (Å²) < 4.78 is 52.1. The van der Waals surface area contributed by atoms with Gasteiger partial charge in [-0.25, -0.2) is 22.5 Å². The number of pyridine rings is 1. The van der Waals surface area contributed by atoms with Gasteiger partial charge in [0.2, 0.25) is 15.9 Å². The number of rotatable bonds is 2. The van der Waals surface area contributed by atoms with Crippen molar-refractivity contribution in [2.75, 3.05) is 26.0 Å².